The molecule has 0 radical (unpaired) electrons. The molecule has 1 aliphatic heterocycles. The van der Waals surface area contributed by atoms with Gasteiger partial charge in [0, 0.05) is 19.3 Å². The number of carbonyl (C=O) groups is 1. The van der Waals surface area contributed by atoms with Crippen LogP contribution in [0.15, 0.2) is 18.3 Å². The largest absolute Gasteiger partial charge is 0.476 e. The second-order valence-corrected chi connectivity index (χ2v) is 4.57. The van der Waals surface area contributed by atoms with Gasteiger partial charge in [-0.2, -0.15) is 0 Å². The first kappa shape index (κ1) is 14.6. The predicted octanol–water partition coefficient (Wildman–Crippen LogP) is 2.12. The maximum absolute atomic E-state index is 12.3. The van der Waals surface area contributed by atoms with Gasteiger partial charge in [-0.15, -0.1) is 0 Å². The summed E-state index contributed by atoms with van der Waals surface area (Å²) in [5.41, 5.74) is 0.596. The molecule has 0 spiro atoms. The number of urea groups is 1. The average Bonchev–Trinajstić information content (AvgIpc) is 2.49. The Balaban J connectivity index is 2.00. The molecule has 1 atom stereocenters. The normalized spacial score (nSPS) is 18.7. The fraction of sp³-hybridized carbons (Fsp3) is 0.571. The lowest BCUT2D eigenvalue weighted by Gasteiger charge is -2.32. The number of carbonyl (C=O) groups excluding carboxylic acids is 1. The van der Waals surface area contributed by atoms with Crippen molar-refractivity contribution in [1.29, 1.82) is 0 Å². The van der Waals surface area contributed by atoms with Crippen molar-refractivity contribution in [2.24, 2.45) is 0 Å². The standard InChI is InChI=1S/C14H21N3O3/c1-3-11-10-17(8-9-20-11)14(18)16-12-6-5-7-15-13(12)19-4-2/h5-7,11H,3-4,8-10H2,1-2H3,(H,16,18)/t11-/m0/s1. The van der Waals surface area contributed by atoms with E-state index >= 15 is 0 Å². The van der Waals surface area contributed by atoms with Gasteiger partial charge in [-0.1, -0.05) is 6.92 Å². The highest BCUT2D eigenvalue weighted by molar-refractivity contribution is 5.90. The third-order valence-corrected chi connectivity index (χ3v) is 3.18. The molecule has 1 aromatic heterocycles. The number of amides is 2. The third-order valence-electron chi connectivity index (χ3n) is 3.18. The Bertz CT molecular complexity index is 453. The smallest absolute Gasteiger partial charge is 0.322 e. The van der Waals surface area contributed by atoms with Gasteiger partial charge in [-0.25, -0.2) is 9.78 Å². The molecule has 6 heteroatoms. The Kier molecular flexibility index (Phi) is 5.17. The molecule has 1 aliphatic rings. The number of morpholine rings is 1. The molecule has 6 nitrogen and oxygen atoms in total. The molecule has 0 bridgehead atoms. The third kappa shape index (κ3) is 3.60. The summed E-state index contributed by atoms with van der Waals surface area (Å²) in [5, 5.41) is 2.85. The minimum absolute atomic E-state index is 0.120. The molecule has 2 rings (SSSR count). The van der Waals surface area contributed by atoms with Crippen molar-refractivity contribution < 1.29 is 14.3 Å². The summed E-state index contributed by atoms with van der Waals surface area (Å²) >= 11 is 0. The Hall–Kier alpha value is -1.82. The SMILES string of the molecule is CCOc1ncccc1NC(=O)N1CCO[C@@H](CC)C1. The first-order valence-corrected chi connectivity index (χ1v) is 7.00. The van der Waals surface area contributed by atoms with Gasteiger partial charge in [0.15, 0.2) is 0 Å². The van der Waals surface area contributed by atoms with Crippen LogP contribution < -0.4 is 10.1 Å². The number of pyridine rings is 1. The summed E-state index contributed by atoms with van der Waals surface area (Å²) in [4.78, 5) is 18.1. The molecule has 1 fully saturated rings. The summed E-state index contributed by atoms with van der Waals surface area (Å²) < 4.78 is 11.0. The van der Waals surface area contributed by atoms with Crippen LogP contribution in [0.3, 0.4) is 0 Å². The van der Waals surface area contributed by atoms with Gasteiger partial charge in [0.25, 0.3) is 0 Å². The van der Waals surface area contributed by atoms with Gasteiger partial charge in [-0.05, 0) is 25.5 Å². The van der Waals surface area contributed by atoms with Gasteiger partial charge in [0.2, 0.25) is 5.88 Å². The number of ether oxygens (including phenoxy) is 2. The van der Waals surface area contributed by atoms with E-state index in [1.807, 2.05) is 6.92 Å². The summed E-state index contributed by atoms with van der Waals surface area (Å²) in [6, 6.07) is 3.42. The van der Waals surface area contributed by atoms with E-state index in [-0.39, 0.29) is 12.1 Å². The van der Waals surface area contributed by atoms with E-state index in [1.165, 1.54) is 0 Å². The zero-order valence-electron chi connectivity index (χ0n) is 12.0. The number of nitrogens with one attached hydrogen (secondary N) is 1. The summed E-state index contributed by atoms with van der Waals surface area (Å²) in [5.74, 6) is 0.448. The maximum Gasteiger partial charge on any atom is 0.322 e. The zero-order valence-corrected chi connectivity index (χ0v) is 12.0. The van der Waals surface area contributed by atoms with Crippen LogP contribution in [0.1, 0.15) is 20.3 Å². The average molecular weight is 279 g/mol. The van der Waals surface area contributed by atoms with Crippen molar-refractivity contribution in [1.82, 2.24) is 9.88 Å². The molecule has 0 aliphatic carbocycles. The molecule has 1 saturated heterocycles. The van der Waals surface area contributed by atoms with Crippen LogP contribution in [0, 0.1) is 0 Å². The van der Waals surface area contributed by atoms with Crippen LogP contribution in [0.2, 0.25) is 0 Å². The minimum atomic E-state index is -0.138. The predicted molar refractivity (Wildman–Crippen MR) is 76.0 cm³/mol. The van der Waals surface area contributed by atoms with E-state index in [4.69, 9.17) is 9.47 Å². The van der Waals surface area contributed by atoms with E-state index in [0.717, 1.165) is 6.42 Å². The highest BCUT2D eigenvalue weighted by Crippen LogP contribution is 2.21. The maximum atomic E-state index is 12.3. The lowest BCUT2D eigenvalue weighted by Crippen LogP contribution is -2.47. The molecule has 0 unspecified atom stereocenters. The molecular formula is C14H21N3O3. The first-order chi connectivity index (χ1) is 9.74. The number of aromatic nitrogens is 1. The summed E-state index contributed by atoms with van der Waals surface area (Å²) in [7, 11) is 0. The molecule has 2 heterocycles. The number of hydrogen-bond acceptors (Lipinski definition) is 4. The number of rotatable bonds is 4. The van der Waals surface area contributed by atoms with E-state index < -0.39 is 0 Å². The van der Waals surface area contributed by atoms with Gasteiger partial charge >= 0.3 is 6.03 Å². The molecule has 1 aromatic rings. The van der Waals surface area contributed by atoms with Crippen LogP contribution in [-0.4, -0.2) is 48.3 Å². The Labute approximate surface area is 119 Å². The van der Waals surface area contributed by atoms with Crippen LogP contribution >= 0.6 is 0 Å². The number of anilines is 1. The summed E-state index contributed by atoms with van der Waals surface area (Å²) in [6.07, 6.45) is 2.67. The first-order valence-electron chi connectivity index (χ1n) is 7.00. The second-order valence-electron chi connectivity index (χ2n) is 4.57. The molecule has 0 saturated carbocycles. The van der Waals surface area contributed by atoms with Gasteiger partial charge < -0.3 is 19.7 Å². The minimum Gasteiger partial charge on any atom is -0.476 e. The zero-order chi connectivity index (χ0) is 14.4. The topological polar surface area (TPSA) is 63.7 Å². The van der Waals surface area contributed by atoms with E-state index in [9.17, 15) is 4.79 Å². The number of nitrogens with zero attached hydrogens (tertiary/aromatic N) is 2. The fourth-order valence-corrected chi connectivity index (χ4v) is 2.08. The lowest BCUT2D eigenvalue weighted by molar-refractivity contribution is -0.0134. The second kappa shape index (κ2) is 7.09. The van der Waals surface area contributed by atoms with Crippen molar-refractivity contribution in [2.75, 3.05) is 31.6 Å². The molecule has 2 amide bonds. The van der Waals surface area contributed by atoms with Gasteiger partial charge in [-0.3, -0.25) is 0 Å². The van der Waals surface area contributed by atoms with Crippen LogP contribution in [-0.2, 0) is 4.74 Å². The quantitative estimate of drug-likeness (QED) is 0.917. The van der Waals surface area contributed by atoms with Crippen LogP contribution in [0.4, 0.5) is 10.5 Å². The van der Waals surface area contributed by atoms with Gasteiger partial charge in [0.05, 0.1) is 19.3 Å². The van der Waals surface area contributed by atoms with Gasteiger partial charge in [0.1, 0.15) is 5.69 Å². The molecule has 1 N–H and O–H groups in total. The van der Waals surface area contributed by atoms with Crippen molar-refractivity contribution in [3.05, 3.63) is 18.3 Å². The molecule has 110 valence electrons. The van der Waals surface area contributed by atoms with E-state index in [1.54, 1.807) is 23.2 Å². The molecular weight excluding hydrogens is 258 g/mol. The van der Waals surface area contributed by atoms with Crippen LogP contribution in [0.25, 0.3) is 0 Å². The Morgan fingerprint density at radius 3 is 3.20 bits per heavy atom. The number of hydrogen-bond donors (Lipinski definition) is 1. The molecule has 0 aromatic carbocycles. The van der Waals surface area contributed by atoms with E-state index in [2.05, 4.69) is 17.2 Å². The Morgan fingerprint density at radius 2 is 2.45 bits per heavy atom. The monoisotopic (exact) mass is 279 g/mol. The highest BCUT2D eigenvalue weighted by Gasteiger charge is 2.23. The van der Waals surface area contributed by atoms with Crippen molar-refractivity contribution in [3.63, 3.8) is 0 Å². The summed E-state index contributed by atoms with van der Waals surface area (Å²) in [6.45, 7) is 6.25. The van der Waals surface area contributed by atoms with Crippen LogP contribution in [0.5, 0.6) is 5.88 Å². The Morgan fingerprint density at radius 1 is 1.60 bits per heavy atom. The lowest BCUT2D eigenvalue weighted by atomic mass is 10.2. The van der Waals surface area contributed by atoms with Crippen molar-refractivity contribution >= 4 is 11.7 Å². The highest BCUT2D eigenvalue weighted by atomic mass is 16.5. The van der Waals surface area contributed by atoms with Crippen molar-refractivity contribution in [2.45, 2.75) is 26.4 Å². The van der Waals surface area contributed by atoms with E-state index in [0.29, 0.717) is 37.9 Å². The molecule has 20 heavy (non-hydrogen) atoms. The fourth-order valence-electron chi connectivity index (χ4n) is 2.08. The van der Waals surface area contributed by atoms with Crippen molar-refractivity contribution in [3.8, 4) is 5.88 Å².